The SMILES string of the molecule is COC(C)(C)C(C)(C)OBc1ccc(-c2nc(CCOc3ccc(OC(C)(C)C(=O)O)cc3)c(C)o2)cc1. The lowest BCUT2D eigenvalue weighted by atomic mass is 9.82. The third kappa shape index (κ3) is 7.17. The summed E-state index contributed by atoms with van der Waals surface area (Å²) in [6, 6.07) is 14.9. The van der Waals surface area contributed by atoms with Gasteiger partial charge in [-0.1, -0.05) is 17.6 Å². The molecule has 0 aliphatic rings. The zero-order valence-corrected chi connectivity index (χ0v) is 23.6. The van der Waals surface area contributed by atoms with Gasteiger partial charge in [-0.15, -0.1) is 0 Å². The largest absolute Gasteiger partial charge is 0.493 e. The van der Waals surface area contributed by atoms with Crippen LogP contribution in [0.4, 0.5) is 0 Å². The van der Waals surface area contributed by atoms with E-state index < -0.39 is 22.8 Å². The number of ether oxygens (including phenoxy) is 3. The lowest BCUT2D eigenvalue weighted by Gasteiger charge is -2.40. The van der Waals surface area contributed by atoms with E-state index in [1.807, 2.05) is 58.9 Å². The number of carbonyl (C=O) groups is 1. The first-order valence-electron chi connectivity index (χ1n) is 12.6. The Morgan fingerprint density at radius 2 is 1.55 bits per heavy atom. The summed E-state index contributed by atoms with van der Waals surface area (Å²) in [5.74, 6) is 1.40. The number of hydrogen-bond acceptors (Lipinski definition) is 7. The molecular formula is C29H38BNO7. The number of carboxylic acid groups (broad SMARTS) is 1. The Morgan fingerprint density at radius 1 is 0.947 bits per heavy atom. The smallest absolute Gasteiger partial charge is 0.347 e. The van der Waals surface area contributed by atoms with E-state index in [2.05, 4.69) is 4.98 Å². The van der Waals surface area contributed by atoms with Crippen molar-refractivity contribution in [2.24, 2.45) is 0 Å². The van der Waals surface area contributed by atoms with Crippen LogP contribution in [0, 0.1) is 6.92 Å². The summed E-state index contributed by atoms with van der Waals surface area (Å²) >= 11 is 0. The van der Waals surface area contributed by atoms with Gasteiger partial charge in [-0.05, 0) is 84.9 Å². The van der Waals surface area contributed by atoms with Crippen LogP contribution in [-0.4, -0.2) is 54.1 Å². The molecule has 0 aliphatic heterocycles. The van der Waals surface area contributed by atoms with Crippen LogP contribution in [0.5, 0.6) is 11.5 Å². The quantitative estimate of drug-likeness (QED) is 0.322. The molecule has 0 aliphatic carbocycles. The van der Waals surface area contributed by atoms with Crippen LogP contribution in [-0.2, 0) is 20.6 Å². The van der Waals surface area contributed by atoms with Crippen molar-refractivity contribution in [1.29, 1.82) is 0 Å². The zero-order valence-electron chi connectivity index (χ0n) is 23.6. The highest BCUT2D eigenvalue weighted by Crippen LogP contribution is 2.28. The lowest BCUT2D eigenvalue weighted by Crippen LogP contribution is -2.50. The molecule has 38 heavy (non-hydrogen) atoms. The van der Waals surface area contributed by atoms with Crippen molar-refractivity contribution in [2.45, 2.75) is 71.7 Å². The number of carboxylic acids is 1. The number of nitrogens with zero attached hydrogens (tertiary/aromatic N) is 1. The van der Waals surface area contributed by atoms with Crippen molar-refractivity contribution in [3.63, 3.8) is 0 Å². The Labute approximate surface area is 225 Å². The van der Waals surface area contributed by atoms with E-state index in [1.54, 1.807) is 31.4 Å². The van der Waals surface area contributed by atoms with Crippen molar-refractivity contribution in [3.05, 3.63) is 60.0 Å². The van der Waals surface area contributed by atoms with Gasteiger partial charge in [0.05, 0.1) is 23.5 Å². The molecule has 0 bridgehead atoms. The number of methoxy groups -OCH3 is 1. The maximum atomic E-state index is 11.2. The third-order valence-electron chi connectivity index (χ3n) is 6.97. The first-order chi connectivity index (χ1) is 17.7. The molecule has 9 heteroatoms. The van der Waals surface area contributed by atoms with E-state index in [9.17, 15) is 9.90 Å². The molecule has 1 aromatic heterocycles. The van der Waals surface area contributed by atoms with Gasteiger partial charge in [0.2, 0.25) is 5.89 Å². The topological polar surface area (TPSA) is 100 Å². The average Bonchev–Trinajstić information content (AvgIpc) is 3.24. The lowest BCUT2D eigenvalue weighted by molar-refractivity contribution is -0.152. The number of benzene rings is 2. The van der Waals surface area contributed by atoms with Gasteiger partial charge in [-0.3, -0.25) is 0 Å². The van der Waals surface area contributed by atoms with Crippen LogP contribution in [0.25, 0.3) is 11.5 Å². The van der Waals surface area contributed by atoms with Crippen molar-refractivity contribution in [3.8, 4) is 23.0 Å². The van der Waals surface area contributed by atoms with Crippen LogP contribution in [0.2, 0.25) is 0 Å². The van der Waals surface area contributed by atoms with Gasteiger partial charge < -0.3 is 28.4 Å². The van der Waals surface area contributed by atoms with Crippen LogP contribution < -0.4 is 14.9 Å². The van der Waals surface area contributed by atoms with E-state index in [0.717, 1.165) is 22.5 Å². The molecule has 0 atom stereocenters. The first kappa shape index (κ1) is 29.3. The molecule has 1 N–H and O–H groups in total. The van der Waals surface area contributed by atoms with Crippen LogP contribution in [0.3, 0.4) is 0 Å². The summed E-state index contributed by atoms with van der Waals surface area (Å²) in [6.45, 7) is 13.4. The molecule has 0 saturated carbocycles. The van der Waals surface area contributed by atoms with E-state index in [4.69, 9.17) is 23.3 Å². The Bertz CT molecular complexity index is 1210. The van der Waals surface area contributed by atoms with Gasteiger partial charge in [0.1, 0.15) is 17.3 Å². The predicted octanol–water partition coefficient (Wildman–Crippen LogP) is 4.71. The fourth-order valence-electron chi connectivity index (χ4n) is 3.42. The zero-order chi connectivity index (χ0) is 28.1. The molecule has 3 aromatic rings. The summed E-state index contributed by atoms with van der Waals surface area (Å²) < 4.78 is 29.0. The van der Waals surface area contributed by atoms with E-state index in [-0.39, 0.29) is 0 Å². The number of aliphatic carboxylic acids is 1. The summed E-state index contributed by atoms with van der Waals surface area (Å²) in [5.41, 5.74) is 0.591. The number of aromatic nitrogens is 1. The molecule has 0 fully saturated rings. The van der Waals surface area contributed by atoms with E-state index in [0.29, 0.717) is 37.9 Å². The maximum absolute atomic E-state index is 11.2. The van der Waals surface area contributed by atoms with Crippen molar-refractivity contribution in [1.82, 2.24) is 4.98 Å². The molecule has 1 heterocycles. The molecule has 8 nitrogen and oxygen atoms in total. The van der Waals surface area contributed by atoms with E-state index >= 15 is 0 Å². The standard InChI is InChI=1S/C29H38BNO7/c1-19-24(17-18-35-22-13-15-23(16-14-22)37-27(2,3)26(32)33)31-25(36-19)20-9-11-21(12-10-20)30-38-29(6,7)28(4,5)34-8/h9-16,30H,17-18H2,1-8H3,(H,32,33). The fourth-order valence-corrected chi connectivity index (χ4v) is 3.42. The van der Waals surface area contributed by atoms with Crippen molar-refractivity contribution < 1.29 is 33.2 Å². The molecule has 0 amide bonds. The third-order valence-corrected chi connectivity index (χ3v) is 6.97. The number of hydrogen-bond donors (Lipinski definition) is 1. The number of rotatable bonds is 13. The average molecular weight is 523 g/mol. The number of oxazole rings is 1. The van der Waals surface area contributed by atoms with Crippen LogP contribution >= 0.6 is 0 Å². The monoisotopic (exact) mass is 523 g/mol. The molecule has 0 spiro atoms. The normalized spacial score (nSPS) is 12.3. The first-order valence-corrected chi connectivity index (χ1v) is 12.6. The molecular weight excluding hydrogens is 485 g/mol. The van der Waals surface area contributed by atoms with Crippen molar-refractivity contribution >= 4 is 18.9 Å². The second-order valence-corrected chi connectivity index (χ2v) is 10.7. The second kappa shape index (κ2) is 11.6. The van der Waals surface area contributed by atoms with Gasteiger partial charge >= 0.3 is 13.5 Å². The minimum atomic E-state index is -1.31. The van der Waals surface area contributed by atoms with Gasteiger partial charge in [-0.2, -0.15) is 0 Å². The van der Waals surface area contributed by atoms with Crippen LogP contribution in [0.1, 0.15) is 53.0 Å². The highest BCUT2D eigenvalue weighted by Gasteiger charge is 2.37. The Kier molecular flexibility index (Phi) is 8.95. The van der Waals surface area contributed by atoms with E-state index in [1.165, 1.54) is 13.8 Å². The van der Waals surface area contributed by atoms with Gasteiger partial charge in [0.15, 0.2) is 5.60 Å². The van der Waals surface area contributed by atoms with Crippen LogP contribution in [0.15, 0.2) is 52.9 Å². The summed E-state index contributed by atoms with van der Waals surface area (Å²) in [7, 11) is 2.16. The molecule has 0 radical (unpaired) electrons. The summed E-state index contributed by atoms with van der Waals surface area (Å²) in [6.07, 6.45) is 0.579. The Hall–Kier alpha value is -3.30. The number of aryl methyl sites for hydroxylation is 1. The van der Waals surface area contributed by atoms with Gasteiger partial charge in [0.25, 0.3) is 0 Å². The summed E-state index contributed by atoms with van der Waals surface area (Å²) in [5, 5.41) is 9.20. The molecule has 204 valence electrons. The highest BCUT2D eigenvalue weighted by atomic mass is 16.5. The molecule has 0 unspecified atom stereocenters. The van der Waals surface area contributed by atoms with Crippen molar-refractivity contribution in [2.75, 3.05) is 13.7 Å². The minimum absolute atomic E-state index is 0.414. The fraction of sp³-hybridized carbons (Fsp3) is 0.448. The minimum Gasteiger partial charge on any atom is -0.493 e. The second-order valence-electron chi connectivity index (χ2n) is 10.7. The predicted molar refractivity (Wildman–Crippen MR) is 148 cm³/mol. The summed E-state index contributed by atoms with van der Waals surface area (Å²) in [4.78, 5) is 15.9. The molecule has 0 saturated heterocycles. The van der Waals surface area contributed by atoms with Gasteiger partial charge in [-0.25, -0.2) is 9.78 Å². The highest BCUT2D eigenvalue weighted by molar-refractivity contribution is 6.47. The molecule has 2 aromatic carbocycles. The maximum Gasteiger partial charge on any atom is 0.347 e. The Balaban J connectivity index is 1.54. The Morgan fingerprint density at radius 3 is 2.13 bits per heavy atom. The van der Waals surface area contributed by atoms with Gasteiger partial charge in [0, 0.05) is 19.1 Å². The molecule has 3 rings (SSSR count).